The molecule has 0 aliphatic carbocycles. The third-order valence-corrected chi connectivity index (χ3v) is 7.16. The lowest BCUT2D eigenvalue weighted by molar-refractivity contribution is -0.139. The fraction of sp³-hybridized carbons (Fsp3) is 0.462. The van der Waals surface area contributed by atoms with Gasteiger partial charge in [0.25, 0.3) is 5.91 Å². The van der Waals surface area contributed by atoms with Crippen molar-refractivity contribution in [3.05, 3.63) is 52.1 Å². The molecule has 35 heavy (non-hydrogen) atoms. The number of benzene rings is 2. The molecule has 2 aromatic carbocycles. The number of phenols is 1. The zero-order valence-corrected chi connectivity index (χ0v) is 21.9. The van der Waals surface area contributed by atoms with Crippen molar-refractivity contribution < 1.29 is 23.1 Å². The summed E-state index contributed by atoms with van der Waals surface area (Å²) in [6.07, 6.45) is 4.66. The first kappa shape index (κ1) is 26.5. The minimum atomic E-state index is -3.51. The number of aromatic hydroxyl groups is 1. The fourth-order valence-electron chi connectivity index (χ4n) is 4.51. The van der Waals surface area contributed by atoms with Crippen molar-refractivity contribution in [3.63, 3.8) is 0 Å². The maximum atomic E-state index is 13.7. The Hall–Kier alpha value is -3.07. The van der Waals surface area contributed by atoms with Gasteiger partial charge in [0.2, 0.25) is 15.9 Å². The van der Waals surface area contributed by atoms with Gasteiger partial charge in [-0.3, -0.25) is 14.3 Å². The molecular weight excluding hydrogens is 466 g/mol. The Labute approximate surface area is 207 Å². The third-order valence-electron chi connectivity index (χ3n) is 6.55. The van der Waals surface area contributed by atoms with E-state index < -0.39 is 16.1 Å². The van der Waals surface area contributed by atoms with E-state index in [1.54, 1.807) is 36.9 Å². The maximum absolute atomic E-state index is 13.7. The lowest BCUT2D eigenvalue weighted by Gasteiger charge is -2.37. The number of hydrogen-bond acceptors (Lipinski definition) is 5. The molecule has 9 heteroatoms. The SMILES string of the molecule is CCCCCC(=O)N1CCc2ccc(NS(C)(=O)=O)cc2C1C(=O)Nc1cc(C)c(O)c(C)c1C. The van der Waals surface area contributed by atoms with Crippen LogP contribution < -0.4 is 10.0 Å². The molecule has 0 saturated carbocycles. The number of phenolic OH excluding ortho intramolecular Hbond substituents is 1. The van der Waals surface area contributed by atoms with Crippen LogP contribution in [0.15, 0.2) is 24.3 Å². The largest absolute Gasteiger partial charge is 0.507 e. The normalized spacial score (nSPS) is 15.5. The van der Waals surface area contributed by atoms with Crippen molar-refractivity contribution in [2.75, 3.05) is 22.8 Å². The van der Waals surface area contributed by atoms with E-state index in [1.807, 2.05) is 13.0 Å². The van der Waals surface area contributed by atoms with Crippen LogP contribution in [0, 0.1) is 20.8 Å². The van der Waals surface area contributed by atoms with Gasteiger partial charge in [-0.2, -0.15) is 0 Å². The maximum Gasteiger partial charge on any atom is 0.251 e. The average molecular weight is 502 g/mol. The molecule has 190 valence electrons. The number of anilines is 2. The van der Waals surface area contributed by atoms with Crippen LogP contribution in [0.2, 0.25) is 0 Å². The molecule has 0 fully saturated rings. The molecule has 1 heterocycles. The molecule has 8 nitrogen and oxygen atoms in total. The fourth-order valence-corrected chi connectivity index (χ4v) is 5.07. The van der Waals surface area contributed by atoms with Gasteiger partial charge in [-0.25, -0.2) is 8.42 Å². The molecule has 0 radical (unpaired) electrons. The Morgan fingerprint density at radius 1 is 1.11 bits per heavy atom. The summed E-state index contributed by atoms with van der Waals surface area (Å²) >= 11 is 0. The summed E-state index contributed by atoms with van der Waals surface area (Å²) in [5.74, 6) is -0.285. The van der Waals surface area contributed by atoms with E-state index in [1.165, 1.54) is 0 Å². The van der Waals surface area contributed by atoms with Crippen molar-refractivity contribution in [1.29, 1.82) is 0 Å². The molecule has 1 aliphatic heterocycles. The number of nitrogens with one attached hydrogen (secondary N) is 2. The average Bonchev–Trinajstić information content (AvgIpc) is 2.79. The van der Waals surface area contributed by atoms with Gasteiger partial charge in [-0.05, 0) is 79.6 Å². The van der Waals surface area contributed by atoms with Gasteiger partial charge in [0, 0.05) is 24.3 Å². The topological polar surface area (TPSA) is 116 Å². The zero-order valence-electron chi connectivity index (χ0n) is 21.1. The van der Waals surface area contributed by atoms with Gasteiger partial charge in [0.1, 0.15) is 11.8 Å². The number of sulfonamides is 1. The molecule has 3 rings (SSSR count). The van der Waals surface area contributed by atoms with E-state index in [4.69, 9.17) is 0 Å². The number of carbonyl (C=O) groups is 2. The summed E-state index contributed by atoms with van der Waals surface area (Å²) < 4.78 is 26.1. The van der Waals surface area contributed by atoms with Crippen LogP contribution in [-0.4, -0.2) is 43.0 Å². The summed E-state index contributed by atoms with van der Waals surface area (Å²) in [6, 6.07) is 5.94. The van der Waals surface area contributed by atoms with Crippen molar-refractivity contribution in [2.24, 2.45) is 0 Å². The zero-order chi connectivity index (χ0) is 25.9. The summed E-state index contributed by atoms with van der Waals surface area (Å²) in [5.41, 5.74) is 4.48. The van der Waals surface area contributed by atoms with Crippen LogP contribution in [0.3, 0.4) is 0 Å². The summed E-state index contributed by atoms with van der Waals surface area (Å²) in [5, 5.41) is 13.2. The van der Waals surface area contributed by atoms with E-state index in [0.717, 1.165) is 36.6 Å². The van der Waals surface area contributed by atoms with Crippen molar-refractivity contribution in [1.82, 2.24) is 4.90 Å². The molecule has 0 aromatic heterocycles. The van der Waals surface area contributed by atoms with Crippen LogP contribution in [0.25, 0.3) is 0 Å². The quantitative estimate of drug-likeness (QED) is 0.368. The molecular formula is C26H35N3O5S. The van der Waals surface area contributed by atoms with E-state index in [2.05, 4.69) is 17.0 Å². The Morgan fingerprint density at radius 2 is 1.83 bits per heavy atom. The van der Waals surface area contributed by atoms with E-state index in [0.29, 0.717) is 47.5 Å². The second-order valence-corrected chi connectivity index (χ2v) is 11.1. The molecule has 1 aliphatic rings. The van der Waals surface area contributed by atoms with Crippen molar-refractivity contribution in [2.45, 2.75) is 65.8 Å². The number of hydrogen-bond donors (Lipinski definition) is 3. The van der Waals surface area contributed by atoms with E-state index in [9.17, 15) is 23.1 Å². The van der Waals surface area contributed by atoms with Crippen molar-refractivity contribution in [3.8, 4) is 5.75 Å². The summed E-state index contributed by atoms with van der Waals surface area (Å²) in [7, 11) is -3.51. The third kappa shape index (κ3) is 6.14. The second-order valence-electron chi connectivity index (χ2n) is 9.31. The minimum Gasteiger partial charge on any atom is -0.507 e. The molecule has 2 amide bonds. The standard InChI is InChI=1S/C26H35N3O5S/c1-6-7-8-9-23(30)29-13-12-19-10-11-20(28-35(5,33)34)15-21(19)24(29)26(32)27-22-14-16(2)25(31)18(4)17(22)3/h10-11,14-15,24,28,31H,6-9,12-13H2,1-5H3,(H,27,32). The van der Waals surface area contributed by atoms with Crippen LogP contribution in [0.5, 0.6) is 5.75 Å². The number of nitrogens with zero attached hydrogens (tertiary/aromatic N) is 1. The highest BCUT2D eigenvalue weighted by Crippen LogP contribution is 2.36. The molecule has 0 saturated heterocycles. The number of rotatable bonds is 8. The Morgan fingerprint density at radius 3 is 2.49 bits per heavy atom. The summed E-state index contributed by atoms with van der Waals surface area (Å²) in [6.45, 7) is 7.84. The van der Waals surface area contributed by atoms with Gasteiger partial charge < -0.3 is 15.3 Å². The molecule has 0 spiro atoms. The number of fused-ring (bicyclic) bond motifs is 1. The summed E-state index contributed by atoms with van der Waals surface area (Å²) in [4.78, 5) is 28.5. The minimum absolute atomic E-state index is 0.0967. The van der Waals surface area contributed by atoms with Crippen LogP contribution in [-0.2, 0) is 26.0 Å². The highest BCUT2D eigenvalue weighted by molar-refractivity contribution is 7.92. The highest BCUT2D eigenvalue weighted by Gasteiger charge is 2.36. The van der Waals surface area contributed by atoms with Crippen molar-refractivity contribution >= 4 is 33.2 Å². The number of carbonyl (C=O) groups excluding carboxylic acids is 2. The first-order valence-electron chi connectivity index (χ1n) is 11.9. The van der Waals surface area contributed by atoms with Crippen LogP contribution in [0.4, 0.5) is 11.4 Å². The first-order valence-corrected chi connectivity index (χ1v) is 13.8. The highest BCUT2D eigenvalue weighted by atomic mass is 32.2. The number of amides is 2. The first-order chi connectivity index (χ1) is 16.4. The van der Waals surface area contributed by atoms with Gasteiger partial charge in [-0.15, -0.1) is 0 Å². The molecule has 2 aromatic rings. The Balaban J connectivity index is 2.02. The monoisotopic (exact) mass is 501 g/mol. The van der Waals surface area contributed by atoms with Gasteiger partial charge in [-0.1, -0.05) is 25.8 Å². The van der Waals surface area contributed by atoms with E-state index >= 15 is 0 Å². The smallest absolute Gasteiger partial charge is 0.251 e. The van der Waals surface area contributed by atoms with Crippen LogP contribution in [0.1, 0.15) is 66.5 Å². The van der Waals surface area contributed by atoms with Gasteiger partial charge in [0.15, 0.2) is 0 Å². The van der Waals surface area contributed by atoms with Crippen LogP contribution >= 0.6 is 0 Å². The number of unbranched alkanes of at least 4 members (excludes halogenated alkanes) is 2. The van der Waals surface area contributed by atoms with Gasteiger partial charge in [0.05, 0.1) is 6.26 Å². The molecule has 3 N–H and O–H groups in total. The van der Waals surface area contributed by atoms with Gasteiger partial charge >= 0.3 is 0 Å². The number of aryl methyl sites for hydroxylation is 1. The molecule has 1 atom stereocenters. The van der Waals surface area contributed by atoms with E-state index in [-0.39, 0.29) is 17.6 Å². The lowest BCUT2D eigenvalue weighted by Crippen LogP contribution is -2.45. The second kappa shape index (κ2) is 10.7. The molecule has 0 bridgehead atoms. The molecule has 1 unspecified atom stereocenters. The Bertz CT molecular complexity index is 1240. The predicted octanol–water partition coefficient (Wildman–Crippen LogP) is 4.33. The Kier molecular flexibility index (Phi) is 8.10. The predicted molar refractivity (Wildman–Crippen MR) is 138 cm³/mol. The lowest BCUT2D eigenvalue weighted by atomic mass is 9.90.